The molecule has 1 aromatic rings. The monoisotopic (exact) mass is 282 g/mol. The SMILES string of the molecule is CCC(C)c1ccc(C(C)CC=O)cc1Br. The van der Waals surface area contributed by atoms with Crippen LogP contribution in [0.1, 0.15) is 56.6 Å². The number of rotatable bonds is 5. The van der Waals surface area contributed by atoms with E-state index in [1.807, 2.05) is 0 Å². The molecule has 0 spiro atoms. The molecule has 0 N–H and O–H groups in total. The minimum Gasteiger partial charge on any atom is -0.303 e. The highest BCUT2D eigenvalue weighted by Crippen LogP contribution is 2.30. The second-order valence-electron chi connectivity index (χ2n) is 4.39. The third-order valence-electron chi connectivity index (χ3n) is 3.19. The first-order valence-corrected chi connectivity index (χ1v) is 6.62. The Balaban J connectivity index is 2.94. The van der Waals surface area contributed by atoms with Gasteiger partial charge in [0.2, 0.25) is 0 Å². The lowest BCUT2D eigenvalue weighted by Gasteiger charge is -2.15. The molecule has 0 aliphatic rings. The van der Waals surface area contributed by atoms with Gasteiger partial charge in [-0.1, -0.05) is 48.8 Å². The van der Waals surface area contributed by atoms with E-state index in [2.05, 4.69) is 54.9 Å². The molecule has 0 aliphatic heterocycles. The van der Waals surface area contributed by atoms with Crippen LogP contribution in [0.15, 0.2) is 22.7 Å². The topological polar surface area (TPSA) is 17.1 Å². The Morgan fingerprint density at radius 1 is 1.31 bits per heavy atom. The summed E-state index contributed by atoms with van der Waals surface area (Å²) < 4.78 is 1.16. The molecule has 1 rings (SSSR count). The van der Waals surface area contributed by atoms with Gasteiger partial charge in [-0.25, -0.2) is 0 Å². The maximum atomic E-state index is 10.5. The Labute approximate surface area is 106 Å². The summed E-state index contributed by atoms with van der Waals surface area (Å²) in [6.45, 7) is 6.51. The zero-order valence-electron chi connectivity index (χ0n) is 10.2. The number of carbonyl (C=O) groups is 1. The van der Waals surface area contributed by atoms with Gasteiger partial charge in [0, 0.05) is 10.9 Å². The molecule has 16 heavy (non-hydrogen) atoms. The Bertz CT molecular complexity index is 360. The Hall–Kier alpha value is -0.630. The van der Waals surface area contributed by atoms with E-state index in [0.717, 1.165) is 17.2 Å². The van der Waals surface area contributed by atoms with E-state index in [-0.39, 0.29) is 0 Å². The van der Waals surface area contributed by atoms with Gasteiger partial charge in [-0.3, -0.25) is 0 Å². The van der Waals surface area contributed by atoms with Crippen molar-refractivity contribution < 1.29 is 4.79 Å². The van der Waals surface area contributed by atoms with Crippen molar-refractivity contribution in [3.05, 3.63) is 33.8 Å². The van der Waals surface area contributed by atoms with Crippen molar-refractivity contribution in [1.29, 1.82) is 0 Å². The number of hydrogen-bond donors (Lipinski definition) is 0. The fourth-order valence-electron chi connectivity index (χ4n) is 1.75. The van der Waals surface area contributed by atoms with Crippen LogP contribution in [0.5, 0.6) is 0 Å². The molecule has 0 fully saturated rings. The van der Waals surface area contributed by atoms with Crippen molar-refractivity contribution >= 4 is 22.2 Å². The van der Waals surface area contributed by atoms with Crippen LogP contribution in [-0.4, -0.2) is 6.29 Å². The highest BCUT2D eigenvalue weighted by molar-refractivity contribution is 9.10. The number of benzene rings is 1. The predicted octanol–water partition coefficient (Wildman–Crippen LogP) is 4.66. The van der Waals surface area contributed by atoms with Gasteiger partial charge < -0.3 is 4.79 Å². The molecule has 1 nitrogen and oxygen atoms in total. The second-order valence-corrected chi connectivity index (χ2v) is 5.25. The summed E-state index contributed by atoms with van der Waals surface area (Å²) in [4.78, 5) is 10.5. The van der Waals surface area contributed by atoms with E-state index in [1.54, 1.807) is 0 Å². The van der Waals surface area contributed by atoms with E-state index < -0.39 is 0 Å². The molecule has 2 atom stereocenters. The maximum Gasteiger partial charge on any atom is 0.120 e. The maximum absolute atomic E-state index is 10.5. The molecule has 0 heterocycles. The molecule has 88 valence electrons. The lowest BCUT2D eigenvalue weighted by molar-refractivity contribution is -0.108. The third kappa shape index (κ3) is 3.18. The molecule has 1 aromatic carbocycles. The Kier molecular flexibility index (Phi) is 5.20. The molecule has 0 aromatic heterocycles. The van der Waals surface area contributed by atoms with Crippen LogP contribution in [0.2, 0.25) is 0 Å². The van der Waals surface area contributed by atoms with Crippen LogP contribution in [0.4, 0.5) is 0 Å². The smallest absolute Gasteiger partial charge is 0.120 e. The lowest BCUT2D eigenvalue weighted by atomic mass is 9.93. The Morgan fingerprint density at radius 3 is 2.50 bits per heavy atom. The summed E-state index contributed by atoms with van der Waals surface area (Å²) in [5.74, 6) is 0.879. The summed E-state index contributed by atoms with van der Waals surface area (Å²) in [5, 5.41) is 0. The van der Waals surface area contributed by atoms with Gasteiger partial charge in [0.25, 0.3) is 0 Å². The third-order valence-corrected chi connectivity index (χ3v) is 3.87. The van der Waals surface area contributed by atoms with Crippen LogP contribution in [-0.2, 0) is 4.79 Å². The summed E-state index contributed by atoms with van der Waals surface area (Å²) in [7, 11) is 0. The molecule has 2 unspecified atom stereocenters. The van der Waals surface area contributed by atoms with E-state index >= 15 is 0 Å². The Morgan fingerprint density at radius 2 is 2.00 bits per heavy atom. The van der Waals surface area contributed by atoms with Crippen LogP contribution < -0.4 is 0 Å². The van der Waals surface area contributed by atoms with Crippen LogP contribution in [0, 0.1) is 0 Å². The van der Waals surface area contributed by atoms with Gasteiger partial charge in [-0.2, -0.15) is 0 Å². The number of hydrogen-bond acceptors (Lipinski definition) is 1. The van der Waals surface area contributed by atoms with Crippen LogP contribution >= 0.6 is 15.9 Å². The van der Waals surface area contributed by atoms with E-state index in [4.69, 9.17) is 0 Å². The average Bonchev–Trinajstić information content (AvgIpc) is 2.28. The molecule has 0 radical (unpaired) electrons. The molecule has 0 aliphatic carbocycles. The molecule has 0 saturated carbocycles. The minimum atomic E-state index is 0.305. The summed E-state index contributed by atoms with van der Waals surface area (Å²) in [6.07, 6.45) is 2.72. The van der Waals surface area contributed by atoms with Crippen molar-refractivity contribution in [2.45, 2.75) is 45.4 Å². The van der Waals surface area contributed by atoms with Crippen molar-refractivity contribution in [2.24, 2.45) is 0 Å². The van der Waals surface area contributed by atoms with Gasteiger partial charge in [0.15, 0.2) is 0 Å². The lowest BCUT2D eigenvalue weighted by Crippen LogP contribution is -1.98. The fourth-order valence-corrected chi connectivity index (χ4v) is 2.54. The first-order valence-electron chi connectivity index (χ1n) is 5.83. The van der Waals surface area contributed by atoms with Crippen LogP contribution in [0.3, 0.4) is 0 Å². The number of halogens is 1. The van der Waals surface area contributed by atoms with Gasteiger partial charge in [0.05, 0.1) is 0 Å². The predicted molar refractivity (Wildman–Crippen MR) is 71.9 cm³/mol. The standard InChI is InChI=1S/C14H19BrO/c1-4-10(2)13-6-5-12(9-14(13)15)11(3)7-8-16/h5-6,8-11H,4,7H2,1-3H3. The molecule has 0 saturated heterocycles. The number of aldehydes is 1. The zero-order chi connectivity index (χ0) is 12.1. The molecule has 0 amide bonds. The van der Waals surface area contributed by atoms with E-state index in [1.165, 1.54) is 11.1 Å². The van der Waals surface area contributed by atoms with Gasteiger partial charge in [-0.15, -0.1) is 0 Å². The van der Waals surface area contributed by atoms with Crippen molar-refractivity contribution in [2.75, 3.05) is 0 Å². The summed E-state index contributed by atoms with van der Waals surface area (Å²) in [6, 6.07) is 6.46. The molecule has 0 bridgehead atoms. The van der Waals surface area contributed by atoms with Crippen molar-refractivity contribution in [3.63, 3.8) is 0 Å². The average molecular weight is 283 g/mol. The molecular weight excluding hydrogens is 264 g/mol. The zero-order valence-corrected chi connectivity index (χ0v) is 11.8. The van der Waals surface area contributed by atoms with E-state index in [9.17, 15) is 4.79 Å². The first-order chi connectivity index (χ1) is 7.60. The summed E-state index contributed by atoms with van der Waals surface area (Å²) in [5.41, 5.74) is 2.58. The quantitative estimate of drug-likeness (QED) is 0.718. The molecular formula is C14H19BrO. The highest BCUT2D eigenvalue weighted by Gasteiger charge is 2.10. The summed E-state index contributed by atoms with van der Waals surface area (Å²) >= 11 is 3.62. The van der Waals surface area contributed by atoms with E-state index in [0.29, 0.717) is 18.3 Å². The largest absolute Gasteiger partial charge is 0.303 e. The van der Waals surface area contributed by atoms with Crippen LogP contribution in [0.25, 0.3) is 0 Å². The van der Waals surface area contributed by atoms with Crippen molar-refractivity contribution in [3.8, 4) is 0 Å². The van der Waals surface area contributed by atoms with Gasteiger partial charge >= 0.3 is 0 Å². The number of carbonyl (C=O) groups excluding carboxylic acids is 1. The molecule has 2 heteroatoms. The first kappa shape index (κ1) is 13.4. The normalized spacial score (nSPS) is 14.5. The fraction of sp³-hybridized carbons (Fsp3) is 0.500. The van der Waals surface area contributed by atoms with Gasteiger partial charge in [-0.05, 0) is 35.4 Å². The van der Waals surface area contributed by atoms with Crippen molar-refractivity contribution in [1.82, 2.24) is 0 Å². The second kappa shape index (κ2) is 6.19. The van der Waals surface area contributed by atoms with Gasteiger partial charge in [0.1, 0.15) is 6.29 Å². The highest BCUT2D eigenvalue weighted by atomic mass is 79.9. The minimum absolute atomic E-state index is 0.305.